The molecule has 5 heteroatoms. The topological polar surface area (TPSA) is 55.0 Å². The van der Waals surface area contributed by atoms with Crippen molar-refractivity contribution >= 4 is 0 Å². The molecule has 82 valence electrons. The van der Waals surface area contributed by atoms with E-state index in [9.17, 15) is 9.18 Å². The number of aromatic nitrogens is 2. The Bertz CT molecular complexity index is 430. The molecule has 1 N–H and O–H groups in total. The summed E-state index contributed by atoms with van der Waals surface area (Å²) in [4.78, 5) is 17.6. The van der Waals surface area contributed by atoms with Crippen molar-refractivity contribution < 1.29 is 9.13 Å². The van der Waals surface area contributed by atoms with Crippen LogP contribution in [0.2, 0.25) is 0 Å². The average Bonchev–Trinajstić information content (AvgIpc) is 2.60. The van der Waals surface area contributed by atoms with Crippen LogP contribution >= 0.6 is 0 Å². The fourth-order valence-electron chi connectivity index (χ4n) is 1.75. The van der Waals surface area contributed by atoms with Gasteiger partial charge in [-0.3, -0.25) is 4.79 Å². The summed E-state index contributed by atoms with van der Waals surface area (Å²) in [6, 6.07) is 0. The number of nitrogens with zero attached hydrogens (tertiary/aromatic N) is 1. The lowest BCUT2D eigenvalue weighted by Gasteiger charge is -2.10. The second-order valence-electron chi connectivity index (χ2n) is 3.86. The van der Waals surface area contributed by atoms with E-state index in [1.165, 1.54) is 6.92 Å². The zero-order chi connectivity index (χ0) is 11.0. The van der Waals surface area contributed by atoms with E-state index in [1.54, 1.807) is 0 Å². The summed E-state index contributed by atoms with van der Waals surface area (Å²) in [5.41, 5.74) is -0.599. The van der Waals surface area contributed by atoms with E-state index >= 15 is 0 Å². The van der Waals surface area contributed by atoms with Gasteiger partial charge in [0.2, 0.25) is 5.82 Å². The van der Waals surface area contributed by atoms with Crippen LogP contribution in [-0.2, 0) is 4.74 Å². The Labute approximate surface area is 86.5 Å². The van der Waals surface area contributed by atoms with Crippen molar-refractivity contribution in [2.75, 3.05) is 0 Å². The van der Waals surface area contributed by atoms with Gasteiger partial charge in [0.15, 0.2) is 0 Å². The summed E-state index contributed by atoms with van der Waals surface area (Å²) in [6.45, 7) is 3.45. The van der Waals surface area contributed by atoms with Crippen LogP contribution in [0.3, 0.4) is 0 Å². The van der Waals surface area contributed by atoms with E-state index in [1.807, 2.05) is 6.92 Å². The molecule has 0 spiro atoms. The molecule has 2 atom stereocenters. The Balaban J connectivity index is 2.34. The molecule has 0 aromatic carbocycles. The van der Waals surface area contributed by atoms with Gasteiger partial charge in [0.05, 0.1) is 11.8 Å². The minimum Gasteiger partial charge on any atom is -0.367 e. The summed E-state index contributed by atoms with van der Waals surface area (Å²) in [7, 11) is 0. The highest BCUT2D eigenvalue weighted by Gasteiger charge is 2.26. The number of ether oxygens (including phenoxy) is 1. The first-order valence-corrected chi connectivity index (χ1v) is 4.99. The largest absolute Gasteiger partial charge is 0.367 e. The van der Waals surface area contributed by atoms with Gasteiger partial charge in [-0.1, -0.05) is 0 Å². The predicted octanol–water partition coefficient (Wildman–Crippen LogP) is 1.46. The standard InChI is InChI=1S/C10H13FN2O2/c1-5-3-4-7(15-5)9-12-6(2)8(11)10(14)13-9/h5,7H,3-4H2,1-2H3,(H,12,13,14). The quantitative estimate of drug-likeness (QED) is 0.766. The highest BCUT2D eigenvalue weighted by atomic mass is 19.1. The van der Waals surface area contributed by atoms with Gasteiger partial charge in [0, 0.05) is 0 Å². The number of halogens is 1. The van der Waals surface area contributed by atoms with Crippen LogP contribution in [0.1, 0.15) is 37.4 Å². The molecule has 0 amide bonds. The lowest BCUT2D eigenvalue weighted by Crippen LogP contribution is -2.19. The second kappa shape index (κ2) is 3.73. The van der Waals surface area contributed by atoms with Crippen LogP contribution < -0.4 is 5.56 Å². The molecule has 0 radical (unpaired) electrons. The number of hydrogen-bond acceptors (Lipinski definition) is 3. The van der Waals surface area contributed by atoms with Crippen LogP contribution in [0.4, 0.5) is 4.39 Å². The lowest BCUT2D eigenvalue weighted by atomic mass is 10.2. The van der Waals surface area contributed by atoms with Crippen molar-refractivity contribution in [2.45, 2.75) is 38.9 Å². The molecule has 1 aromatic heterocycles. The molecule has 0 bridgehead atoms. The highest BCUT2D eigenvalue weighted by molar-refractivity contribution is 5.06. The molecule has 1 aliphatic rings. The van der Waals surface area contributed by atoms with Crippen LogP contribution in [0.15, 0.2) is 4.79 Å². The summed E-state index contributed by atoms with van der Waals surface area (Å²) < 4.78 is 18.6. The minimum absolute atomic E-state index is 0.122. The molecule has 0 aliphatic carbocycles. The smallest absolute Gasteiger partial charge is 0.287 e. The number of nitrogens with one attached hydrogen (secondary N) is 1. The molecule has 15 heavy (non-hydrogen) atoms. The molecule has 2 unspecified atom stereocenters. The van der Waals surface area contributed by atoms with Crippen molar-refractivity contribution in [3.8, 4) is 0 Å². The van der Waals surface area contributed by atoms with E-state index < -0.39 is 11.4 Å². The third-order valence-electron chi connectivity index (χ3n) is 2.58. The normalized spacial score (nSPS) is 25.8. The van der Waals surface area contributed by atoms with Gasteiger partial charge >= 0.3 is 0 Å². The molecule has 0 saturated carbocycles. The monoisotopic (exact) mass is 212 g/mol. The Morgan fingerprint density at radius 3 is 2.80 bits per heavy atom. The number of H-pyrrole nitrogens is 1. The van der Waals surface area contributed by atoms with Crippen LogP contribution in [-0.4, -0.2) is 16.1 Å². The molecule has 2 rings (SSSR count). The maximum atomic E-state index is 13.0. The van der Waals surface area contributed by atoms with Gasteiger partial charge in [0.25, 0.3) is 5.56 Å². The summed E-state index contributed by atoms with van der Waals surface area (Å²) >= 11 is 0. The zero-order valence-electron chi connectivity index (χ0n) is 8.71. The number of aryl methyl sites for hydroxylation is 1. The van der Waals surface area contributed by atoms with E-state index in [4.69, 9.17) is 4.74 Å². The minimum atomic E-state index is -0.815. The van der Waals surface area contributed by atoms with Gasteiger partial charge in [-0.15, -0.1) is 0 Å². The second-order valence-corrected chi connectivity index (χ2v) is 3.86. The third-order valence-corrected chi connectivity index (χ3v) is 2.58. The Hall–Kier alpha value is -1.23. The summed E-state index contributed by atoms with van der Waals surface area (Å²) in [5, 5.41) is 0. The fraction of sp³-hybridized carbons (Fsp3) is 0.600. The van der Waals surface area contributed by atoms with Crippen molar-refractivity contribution in [3.05, 3.63) is 27.7 Å². The van der Waals surface area contributed by atoms with Gasteiger partial charge in [-0.25, -0.2) is 4.98 Å². The fourth-order valence-corrected chi connectivity index (χ4v) is 1.75. The van der Waals surface area contributed by atoms with Crippen molar-refractivity contribution in [3.63, 3.8) is 0 Å². The number of aromatic amines is 1. The SMILES string of the molecule is Cc1nc(C2CCC(C)O2)[nH]c(=O)c1F. The van der Waals surface area contributed by atoms with E-state index in [2.05, 4.69) is 9.97 Å². The first-order chi connectivity index (χ1) is 7.08. The molecule has 1 aromatic rings. The molecular weight excluding hydrogens is 199 g/mol. The van der Waals surface area contributed by atoms with Crippen molar-refractivity contribution in [2.24, 2.45) is 0 Å². The van der Waals surface area contributed by atoms with Crippen molar-refractivity contribution in [1.82, 2.24) is 9.97 Å². The molecule has 1 saturated heterocycles. The molecule has 2 heterocycles. The Kier molecular flexibility index (Phi) is 2.56. The highest BCUT2D eigenvalue weighted by Crippen LogP contribution is 2.29. The maximum absolute atomic E-state index is 13.0. The first-order valence-electron chi connectivity index (χ1n) is 4.99. The zero-order valence-corrected chi connectivity index (χ0v) is 8.71. The third kappa shape index (κ3) is 1.92. The average molecular weight is 212 g/mol. The van der Waals surface area contributed by atoms with E-state index in [-0.39, 0.29) is 17.9 Å². The van der Waals surface area contributed by atoms with Crippen molar-refractivity contribution in [1.29, 1.82) is 0 Å². The van der Waals surface area contributed by atoms with Crippen LogP contribution in [0.5, 0.6) is 0 Å². The van der Waals surface area contributed by atoms with Gasteiger partial charge in [-0.05, 0) is 26.7 Å². The van der Waals surface area contributed by atoms with Crippen LogP contribution in [0.25, 0.3) is 0 Å². The Morgan fingerprint density at radius 1 is 1.53 bits per heavy atom. The molecule has 1 fully saturated rings. The van der Waals surface area contributed by atoms with E-state index in [0.29, 0.717) is 5.82 Å². The predicted molar refractivity (Wildman–Crippen MR) is 52.1 cm³/mol. The molecule has 4 nitrogen and oxygen atoms in total. The summed E-state index contributed by atoms with van der Waals surface area (Å²) in [5.74, 6) is -0.381. The molecule has 1 aliphatic heterocycles. The maximum Gasteiger partial charge on any atom is 0.287 e. The van der Waals surface area contributed by atoms with Gasteiger partial charge < -0.3 is 9.72 Å². The molecular formula is C10H13FN2O2. The van der Waals surface area contributed by atoms with Crippen LogP contribution in [0, 0.1) is 12.7 Å². The first kappa shape index (κ1) is 10.3. The Morgan fingerprint density at radius 2 is 2.27 bits per heavy atom. The number of hydrogen-bond donors (Lipinski definition) is 1. The number of rotatable bonds is 1. The van der Waals surface area contributed by atoms with E-state index in [0.717, 1.165) is 12.8 Å². The summed E-state index contributed by atoms with van der Waals surface area (Å²) in [6.07, 6.45) is 1.72. The lowest BCUT2D eigenvalue weighted by molar-refractivity contribution is 0.0499. The van der Waals surface area contributed by atoms with Gasteiger partial charge in [0.1, 0.15) is 11.9 Å². The van der Waals surface area contributed by atoms with Gasteiger partial charge in [-0.2, -0.15) is 4.39 Å².